The molecule has 2 N–H and O–H groups in total. The lowest BCUT2D eigenvalue weighted by molar-refractivity contribution is -0.120. The van der Waals surface area contributed by atoms with Gasteiger partial charge in [0.15, 0.2) is 0 Å². The number of nitrogens with one attached hydrogen (secondary N) is 1. The molecule has 0 aliphatic carbocycles. The topological polar surface area (TPSA) is 105 Å². The summed E-state index contributed by atoms with van der Waals surface area (Å²) in [5, 5.41) is 16.8. The van der Waals surface area contributed by atoms with E-state index in [9.17, 15) is 18.3 Å². The molecule has 124 valence electrons. The van der Waals surface area contributed by atoms with Crippen LogP contribution in [0, 0.1) is 6.92 Å². The van der Waals surface area contributed by atoms with E-state index in [0.29, 0.717) is 12.1 Å². The van der Waals surface area contributed by atoms with Gasteiger partial charge in [0.05, 0.1) is 17.8 Å². The van der Waals surface area contributed by atoms with Crippen molar-refractivity contribution < 1.29 is 18.3 Å². The molecule has 1 saturated heterocycles. The number of aliphatic hydroxyl groups excluding tert-OH is 1. The van der Waals surface area contributed by atoms with Gasteiger partial charge in [0.1, 0.15) is 4.90 Å². The van der Waals surface area contributed by atoms with Crippen molar-refractivity contribution >= 4 is 15.9 Å². The fraction of sp³-hybridized carbons (Fsp3) is 0.692. The van der Waals surface area contributed by atoms with E-state index < -0.39 is 22.2 Å². The molecule has 2 rings (SSSR count). The van der Waals surface area contributed by atoms with Crippen LogP contribution in [0.4, 0.5) is 0 Å². The van der Waals surface area contributed by atoms with Crippen LogP contribution in [0.2, 0.25) is 0 Å². The monoisotopic (exact) mass is 330 g/mol. The van der Waals surface area contributed by atoms with Crippen LogP contribution in [0.15, 0.2) is 11.1 Å². The summed E-state index contributed by atoms with van der Waals surface area (Å²) in [6.07, 6.45) is 1.39. The number of hydrogen-bond acceptors (Lipinski definition) is 5. The predicted octanol–water partition coefficient (Wildman–Crippen LogP) is -0.621. The van der Waals surface area contributed by atoms with Gasteiger partial charge in [-0.1, -0.05) is 0 Å². The van der Waals surface area contributed by atoms with Crippen molar-refractivity contribution in [3.05, 3.63) is 11.9 Å². The molecule has 2 atom stereocenters. The van der Waals surface area contributed by atoms with E-state index in [1.54, 1.807) is 14.0 Å². The normalized spacial score (nSPS) is 24.0. The van der Waals surface area contributed by atoms with Crippen molar-refractivity contribution in [2.75, 3.05) is 13.1 Å². The largest absolute Gasteiger partial charge is 0.391 e. The zero-order valence-electron chi connectivity index (χ0n) is 13.0. The number of carbonyl (C=O) groups excluding carboxylic acids is 1. The van der Waals surface area contributed by atoms with Crippen molar-refractivity contribution in [3.63, 3.8) is 0 Å². The van der Waals surface area contributed by atoms with Crippen LogP contribution < -0.4 is 5.32 Å². The maximum atomic E-state index is 12.7. The lowest BCUT2D eigenvalue weighted by Crippen LogP contribution is -2.42. The fourth-order valence-corrected chi connectivity index (χ4v) is 4.37. The third kappa shape index (κ3) is 3.47. The highest BCUT2D eigenvalue weighted by molar-refractivity contribution is 7.89. The molecule has 0 saturated carbocycles. The van der Waals surface area contributed by atoms with E-state index in [0.717, 1.165) is 0 Å². The Kier molecular flexibility index (Phi) is 4.88. The number of sulfonamides is 1. The van der Waals surface area contributed by atoms with Crippen LogP contribution in [0.25, 0.3) is 0 Å². The number of amides is 1. The van der Waals surface area contributed by atoms with Crippen LogP contribution >= 0.6 is 0 Å². The Bertz CT molecular complexity index is 655. The first-order valence-electron chi connectivity index (χ1n) is 7.17. The second-order valence-electron chi connectivity index (χ2n) is 5.61. The molecule has 1 aromatic heterocycles. The van der Waals surface area contributed by atoms with E-state index in [4.69, 9.17) is 0 Å². The van der Waals surface area contributed by atoms with E-state index >= 15 is 0 Å². The molecule has 1 aliphatic rings. The summed E-state index contributed by atoms with van der Waals surface area (Å²) < 4.78 is 28.2. The van der Waals surface area contributed by atoms with Crippen LogP contribution in [0.1, 0.15) is 25.5 Å². The highest BCUT2D eigenvalue weighted by atomic mass is 32.2. The zero-order valence-corrected chi connectivity index (χ0v) is 13.8. The van der Waals surface area contributed by atoms with Gasteiger partial charge in [-0.25, -0.2) is 8.42 Å². The molecule has 2 heterocycles. The average Bonchev–Trinajstić information content (AvgIpc) is 2.64. The number of aromatic nitrogens is 2. The molecular weight excluding hydrogens is 308 g/mol. The number of carbonyl (C=O) groups is 1. The van der Waals surface area contributed by atoms with Gasteiger partial charge in [-0.2, -0.15) is 9.40 Å². The number of rotatable bonds is 3. The smallest absolute Gasteiger partial charge is 0.246 e. The molecule has 1 aromatic rings. The van der Waals surface area contributed by atoms with E-state index in [2.05, 4.69) is 10.4 Å². The Balaban J connectivity index is 2.19. The van der Waals surface area contributed by atoms with Gasteiger partial charge in [0.2, 0.25) is 15.9 Å². The Morgan fingerprint density at radius 1 is 1.41 bits per heavy atom. The zero-order chi connectivity index (χ0) is 16.5. The minimum atomic E-state index is -3.64. The summed E-state index contributed by atoms with van der Waals surface area (Å²) >= 11 is 0. The highest BCUT2D eigenvalue weighted by Gasteiger charge is 2.33. The van der Waals surface area contributed by atoms with Gasteiger partial charge in [0.25, 0.3) is 0 Å². The van der Waals surface area contributed by atoms with E-state index in [1.165, 1.54) is 22.1 Å². The first-order chi connectivity index (χ1) is 10.2. The number of aliphatic hydroxyl groups is 1. The summed E-state index contributed by atoms with van der Waals surface area (Å²) in [5.41, 5.74) is 0.450. The maximum Gasteiger partial charge on any atom is 0.246 e. The molecule has 0 bridgehead atoms. The van der Waals surface area contributed by atoms with Crippen molar-refractivity contribution in [2.45, 2.75) is 43.7 Å². The maximum absolute atomic E-state index is 12.7. The molecule has 1 fully saturated rings. The first-order valence-corrected chi connectivity index (χ1v) is 8.61. The molecule has 0 aromatic carbocycles. The summed E-state index contributed by atoms with van der Waals surface area (Å²) in [6, 6.07) is -0.423. The third-order valence-corrected chi connectivity index (χ3v) is 5.80. The Morgan fingerprint density at radius 3 is 2.59 bits per heavy atom. The van der Waals surface area contributed by atoms with Gasteiger partial charge in [0, 0.05) is 33.3 Å². The predicted molar refractivity (Wildman–Crippen MR) is 79.5 cm³/mol. The van der Waals surface area contributed by atoms with Gasteiger partial charge >= 0.3 is 0 Å². The Labute approximate surface area is 130 Å². The van der Waals surface area contributed by atoms with Crippen molar-refractivity contribution in [2.24, 2.45) is 7.05 Å². The van der Waals surface area contributed by atoms with Crippen molar-refractivity contribution in [3.8, 4) is 0 Å². The second-order valence-corrected chi connectivity index (χ2v) is 7.51. The Hall–Kier alpha value is -1.45. The van der Waals surface area contributed by atoms with Crippen LogP contribution in [0.3, 0.4) is 0 Å². The first kappa shape index (κ1) is 16.9. The SMILES string of the molecule is CC(=O)N[C@H]1CCN(S(=O)(=O)c2cn(C)nc2C)CC[C@@H]1O. The minimum Gasteiger partial charge on any atom is -0.391 e. The number of nitrogens with zero attached hydrogens (tertiary/aromatic N) is 3. The lowest BCUT2D eigenvalue weighted by Gasteiger charge is -2.20. The molecule has 22 heavy (non-hydrogen) atoms. The van der Waals surface area contributed by atoms with Crippen LogP contribution in [0.5, 0.6) is 0 Å². The van der Waals surface area contributed by atoms with Gasteiger partial charge in [-0.05, 0) is 19.8 Å². The summed E-state index contributed by atoms with van der Waals surface area (Å²) in [5.74, 6) is -0.233. The van der Waals surface area contributed by atoms with Gasteiger partial charge < -0.3 is 10.4 Å². The minimum absolute atomic E-state index is 0.183. The standard InChI is InChI=1S/C13H22N4O4S/c1-9-13(8-16(3)15-9)22(20,21)17-6-4-11(14-10(2)18)12(19)5-7-17/h8,11-12,19H,4-7H2,1-3H3,(H,14,18)/t11-,12-/m0/s1. The molecule has 0 unspecified atom stereocenters. The molecule has 0 radical (unpaired) electrons. The molecule has 1 aliphatic heterocycles. The van der Waals surface area contributed by atoms with Gasteiger partial charge in [-0.15, -0.1) is 0 Å². The summed E-state index contributed by atoms with van der Waals surface area (Å²) in [6.45, 7) is 3.50. The number of hydrogen-bond donors (Lipinski definition) is 2. The lowest BCUT2D eigenvalue weighted by atomic mass is 10.1. The quantitative estimate of drug-likeness (QED) is 0.768. The van der Waals surface area contributed by atoms with Gasteiger partial charge in [-0.3, -0.25) is 9.48 Å². The third-order valence-electron chi connectivity index (χ3n) is 3.80. The molecule has 1 amide bonds. The fourth-order valence-electron chi connectivity index (χ4n) is 2.70. The van der Waals surface area contributed by atoms with Crippen molar-refractivity contribution in [1.82, 2.24) is 19.4 Å². The highest BCUT2D eigenvalue weighted by Crippen LogP contribution is 2.22. The molecule has 8 nitrogen and oxygen atoms in total. The Morgan fingerprint density at radius 2 is 2.05 bits per heavy atom. The van der Waals surface area contributed by atoms with E-state index in [1.807, 2.05) is 0 Å². The second kappa shape index (κ2) is 6.35. The molecule has 0 spiro atoms. The number of aryl methyl sites for hydroxylation is 2. The summed E-state index contributed by atoms with van der Waals surface area (Å²) in [4.78, 5) is 11.3. The molecule has 9 heteroatoms. The summed E-state index contributed by atoms with van der Waals surface area (Å²) in [7, 11) is -1.97. The molecular formula is C13H22N4O4S. The van der Waals surface area contributed by atoms with Crippen molar-refractivity contribution in [1.29, 1.82) is 0 Å². The van der Waals surface area contributed by atoms with Crippen LogP contribution in [-0.2, 0) is 21.9 Å². The average molecular weight is 330 g/mol. The van der Waals surface area contributed by atoms with Crippen LogP contribution in [-0.4, -0.2) is 58.8 Å². The van der Waals surface area contributed by atoms with E-state index in [-0.39, 0.29) is 30.3 Å².